The maximum absolute atomic E-state index is 11.6. The molecule has 0 aromatic heterocycles. The highest BCUT2D eigenvalue weighted by Crippen LogP contribution is 2.44. The van der Waals surface area contributed by atoms with Gasteiger partial charge in [-0.05, 0) is 37.1 Å². The van der Waals surface area contributed by atoms with Gasteiger partial charge in [0, 0.05) is 22.7 Å². The number of nitrogens with one attached hydrogen (secondary N) is 2. The highest BCUT2D eigenvalue weighted by molar-refractivity contribution is 6.30. The number of aliphatic hydroxyl groups is 1. The topological polar surface area (TPSA) is 61.4 Å². The van der Waals surface area contributed by atoms with Crippen LogP contribution in [0.1, 0.15) is 12.8 Å². The van der Waals surface area contributed by atoms with E-state index in [0.29, 0.717) is 17.3 Å². The number of aliphatic hydroxyl groups excluding tert-OH is 1. The van der Waals surface area contributed by atoms with E-state index in [9.17, 15) is 4.79 Å². The summed E-state index contributed by atoms with van der Waals surface area (Å²) in [6, 6.07) is 6.65. The number of amides is 2. The van der Waals surface area contributed by atoms with Crippen LogP contribution in [0, 0.1) is 5.41 Å². The Bertz CT molecular complexity index is 401. The average Bonchev–Trinajstić information content (AvgIpc) is 3.10. The Morgan fingerprint density at radius 1 is 1.35 bits per heavy atom. The molecule has 17 heavy (non-hydrogen) atoms. The first-order valence-electron chi connectivity index (χ1n) is 5.55. The van der Waals surface area contributed by atoms with Crippen LogP contribution in [-0.2, 0) is 0 Å². The second-order valence-electron chi connectivity index (χ2n) is 4.47. The summed E-state index contributed by atoms with van der Waals surface area (Å²) < 4.78 is 0. The number of urea groups is 1. The summed E-state index contributed by atoms with van der Waals surface area (Å²) >= 11 is 5.74. The Labute approximate surface area is 105 Å². The van der Waals surface area contributed by atoms with Crippen molar-refractivity contribution in [2.75, 3.05) is 18.5 Å². The van der Waals surface area contributed by atoms with E-state index in [1.807, 2.05) is 0 Å². The number of carbonyl (C=O) groups is 1. The molecule has 2 amide bonds. The summed E-state index contributed by atoms with van der Waals surface area (Å²) in [5.41, 5.74) is 0.623. The van der Waals surface area contributed by atoms with Crippen LogP contribution in [0.15, 0.2) is 24.3 Å². The maximum Gasteiger partial charge on any atom is 0.319 e. The molecule has 1 aliphatic rings. The van der Waals surface area contributed by atoms with Gasteiger partial charge in [0.15, 0.2) is 0 Å². The molecule has 0 bridgehead atoms. The second kappa shape index (κ2) is 4.94. The molecule has 0 atom stereocenters. The lowest BCUT2D eigenvalue weighted by atomic mass is 10.1. The van der Waals surface area contributed by atoms with Crippen LogP contribution >= 0.6 is 11.6 Å². The minimum atomic E-state index is -0.257. The summed E-state index contributed by atoms with van der Waals surface area (Å²) in [5, 5.41) is 15.2. The van der Waals surface area contributed by atoms with Crippen LogP contribution in [0.4, 0.5) is 10.5 Å². The molecule has 0 saturated heterocycles. The number of rotatable bonds is 4. The zero-order chi connectivity index (χ0) is 12.3. The quantitative estimate of drug-likeness (QED) is 0.772. The summed E-state index contributed by atoms with van der Waals surface area (Å²) in [4.78, 5) is 11.6. The fourth-order valence-corrected chi connectivity index (χ4v) is 1.67. The minimum absolute atomic E-state index is 0.0721. The van der Waals surface area contributed by atoms with Crippen molar-refractivity contribution in [2.45, 2.75) is 12.8 Å². The van der Waals surface area contributed by atoms with Crippen molar-refractivity contribution in [2.24, 2.45) is 5.41 Å². The molecular weight excluding hydrogens is 240 g/mol. The minimum Gasteiger partial charge on any atom is -0.396 e. The van der Waals surface area contributed by atoms with Crippen LogP contribution in [0.5, 0.6) is 0 Å². The largest absolute Gasteiger partial charge is 0.396 e. The van der Waals surface area contributed by atoms with Crippen molar-refractivity contribution in [3.63, 3.8) is 0 Å². The van der Waals surface area contributed by atoms with Gasteiger partial charge in [0.05, 0.1) is 6.61 Å². The molecule has 0 heterocycles. The Morgan fingerprint density at radius 2 is 2.00 bits per heavy atom. The van der Waals surface area contributed by atoms with Gasteiger partial charge in [0.2, 0.25) is 0 Å². The summed E-state index contributed by atoms with van der Waals surface area (Å²) in [6.07, 6.45) is 1.95. The highest BCUT2D eigenvalue weighted by Gasteiger charge is 2.42. The van der Waals surface area contributed by atoms with Gasteiger partial charge in [-0.3, -0.25) is 0 Å². The predicted molar refractivity (Wildman–Crippen MR) is 67.2 cm³/mol. The van der Waals surface area contributed by atoms with E-state index in [2.05, 4.69) is 10.6 Å². The standard InChI is InChI=1S/C12H15ClN2O2/c13-9-1-3-10(4-2-9)15-11(17)14-7-12(8-16)5-6-12/h1-4,16H,5-8H2,(H2,14,15,17). The lowest BCUT2D eigenvalue weighted by Crippen LogP contribution is -2.35. The van der Waals surface area contributed by atoms with Crippen molar-refractivity contribution in [1.29, 1.82) is 0 Å². The summed E-state index contributed by atoms with van der Waals surface area (Å²) in [5.74, 6) is 0. The Balaban J connectivity index is 1.79. The number of hydrogen-bond acceptors (Lipinski definition) is 2. The number of anilines is 1. The van der Waals surface area contributed by atoms with Gasteiger partial charge < -0.3 is 15.7 Å². The van der Waals surface area contributed by atoms with Crippen molar-refractivity contribution in [3.8, 4) is 0 Å². The third kappa shape index (κ3) is 3.35. The maximum atomic E-state index is 11.6. The van der Waals surface area contributed by atoms with Gasteiger partial charge >= 0.3 is 6.03 Å². The molecule has 1 fully saturated rings. The SMILES string of the molecule is O=C(NCC1(CO)CC1)Nc1ccc(Cl)cc1. The van der Waals surface area contributed by atoms with Crippen LogP contribution in [0.25, 0.3) is 0 Å². The van der Waals surface area contributed by atoms with Crippen LogP contribution < -0.4 is 10.6 Å². The molecule has 0 unspecified atom stereocenters. The smallest absolute Gasteiger partial charge is 0.319 e. The van der Waals surface area contributed by atoms with Gasteiger partial charge in [-0.1, -0.05) is 11.6 Å². The molecule has 3 N–H and O–H groups in total. The van der Waals surface area contributed by atoms with Gasteiger partial charge in [0.25, 0.3) is 0 Å². The van der Waals surface area contributed by atoms with Crippen LogP contribution in [0.2, 0.25) is 5.02 Å². The average molecular weight is 255 g/mol. The molecule has 2 rings (SSSR count). The van der Waals surface area contributed by atoms with E-state index >= 15 is 0 Å². The normalized spacial score (nSPS) is 16.4. The fraction of sp³-hybridized carbons (Fsp3) is 0.417. The first-order valence-corrected chi connectivity index (χ1v) is 5.93. The summed E-state index contributed by atoms with van der Waals surface area (Å²) in [7, 11) is 0. The van der Waals surface area contributed by atoms with Crippen molar-refractivity contribution >= 4 is 23.3 Å². The van der Waals surface area contributed by atoms with Crippen molar-refractivity contribution < 1.29 is 9.90 Å². The zero-order valence-electron chi connectivity index (χ0n) is 9.37. The van der Waals surface area contributed by atoms with E-state index in [0.717, 1.165) is 12.8 Å². The van der Waals surface area contributed by atoms with E-state index in [1.165, 1.54) is 0 Å². The number of hydrogen-bond donors (Lipinski definition) is 3. The third-order valence-electron chi connectivity index (χ3n) is 3.02. The Morgan fingerprint density at radius 3 is 2.53 bits per heavy atom. The van der Waals surface area contributed by atoms with E-state index < -0.39 is 0 Å². The van der Waals surface area contributed by atoms with E-state index in [-0.39, 0.29) is 18.1 Å². The third-order valence-corrected chi connectivity index (χ3v) is 3.27. The fourth-order valence-electron chi connectivity index (χ4n) is 1.54. The zero-order valence-corrected chi connectivity index (χ0v) is 10.1. The molecule has 0 radical (unpaired) electrons. The molecule has 5 heteroatoms. The predicted octanol–water partition coefficient (Wildman–Crippen LogP) is 2.23. The molecule has 0 spiro atoms. The number of halogens is 1. The first kappa shape index (κ1) is 12.2. The van der Waals surface area contributed by atoms with E-state index in [4.69, 9.17) is 16.7 Å². The monoisotopic (exact) mass is 254 g/mol. The van der Waals surface area contributed by atoms with Crippen molar-refractivity contribution in [1.82, 2.24) is 5.32 Å². The summed E-state index contributed by atoms with van der Waals surface area (Å²) in [6.45, 7) is 0.650. The van der Waals surface area contributed by atoms with Crippen LogP contribution in [-0.4, -0.2) is 24.3 Å². The number of carbonyl (C=O) groups excluding carboxylic acids is 1. The molecule has 1 saturated carbocycles. The van der Waals surface area contributed by atoms with Crippen molar-refractivity contribution in [3.05, 3.63) is 29.3 Å². The molecule has 0 aliphatic heterocycles. The molecule has 4 nitrogen and oxygen atoms in total. The first-order chi connectivity index (χ1) is 8.13. The lowest BCUT2D eigenvalue weighted by molar-refractivity contribution is 0.206. The Hall–Kier alpha value is -1.26. The molecule has 1 aromatic rings. The van der Waals surface area contributed by atoms with Gasteiger partial charge in [-0.15, -0.1) is 0 Å². The molecule has 1 aromatic carbocycles. The molecule has 92 valence electrons. The number of benzene rings is 1. The van der Waals surface area contributed by atoms with Gasteiger partial charge in [0.1, 0.15) is 0 Å². The molecular formula is C12H15ClN2O2. The second-order valence-corrected chi connectivity index (χ2v) is 4.91. The van der Waals surface area contributed by atoms with Gasteiger partial charge in [-0.25, -0.2) is 4.79 Å². The Kier molecular flexibility index (Phi) is 3.54. The van der Waals surface area contributed by atoms with Gasteiger partial charge in [-0.2, -0.15) is 0 Å². The molecule has 1 aliphatic carbocycles. The highest BCUT2D eigenvalue weighted by atomic mass is 35.5. The van der Waals surface area contributed by atoms with E-state index in [1.54, 1.807) is 24.3 Å². The lowest BCUT2D eigenvalue weighted by Gasteiger charge is -2.13. The van der Waals surface area contributed by atoms with Crippen LogP contribution in [0.3, 0.4) is 0 Å².